The first-order chi connectivity index (χ1) is 10.8. The van der Waals surface area contributed by atoms with Gasteiger partial charge in [-0.1, -0.05) is 40.9 Å². The van der Waals surface area contributed by atoms with Crippen LogP contribution in [-0.4, -0.2) is 35.1 Å². The van der Waals surface area contributed by atoms with Crippen molar-refractivity contribution in [2.24, 2.45) is 0 Å². The molecule has 0 aliphatic rings. The van der Waals surface area contributed by atoms with Crippen molar-refractivity contribution in [3.05, 3.63) is 50.3 Å². The fraction of sp³-hybridized carbons (Fsp3) is 0.267. The van der Waals surface area contributed by atoms with Crippen LogP contribution in [0.5, 0.6) is 5.88 Å². The number of hydrogen-bond donors (Lipinski definition) is 0. The van der Waals surface area contributed by atoms with Crippen LogP contribution < -0.4 is 4.74 Å². The van der Waals surface area contributed by atoms with Gasteiger partial charge in [0, 0.05) is 30.6 Å². The van der Waals surface area contributed by atoms with Gasteiger partial charge in [-0.25, -0.2) is 9.78 Å². The molecule has 1 aromatic heterocycles. The van der Waals surface area contributed by atoms with Crippen LogP contribution in [0.2, 0.25) is 15.1 Å². The van der Waals surface area contributed by atoms with Crippen LogP contribution in [0.4, 0.5) is 4.79 Å². The minimum absolute atomic E-state index is 0.0102. The molecule has 23 heavy (non-hydrogen) atoms. The van der Waals surface area contributed by atoms with Gasteiger partial charge in [-0.2, -0.15) is 4.98 Å². The van der Waals surface area contributed by atoms with Crippen LogP contribution in [0, 0.1) is 6.92 Å². The average Bonchev–Trinajstić information content (AvgIpc) is 2.48. The quantitative estimate of drug-likeness (QED) is 0.799. The highest BCUT2D eigenvalue weighted by Gasteiger charge is 2.17. The maximum atomic E-state index is 11.7. The van der Waals surface area contributed by atoms with Gasteiger partial charge >= 0.3 is 6.09 Å². The second kappa shape index (κ2) is 7.34. The zero-order valence-corrected chi connectivity index (χ0v) is 15.0. The molecule has 0 bridgehead atoms. The second-order valence-electron chi connectivity index (χ2n) is 4.98. The zero-order chi connectivity index (χ0) is 17.1. The monoisotopic (exact) mass is 373 g/mol. The predicted molar refractivity (Wildman–Crippen MR) is 90.8 cm³/mol. The number of hydrogen-bond acceptors (Lipinski definition) is 4. The van der Waals surface area contributed by atoms with Gasteiger partial charge in [-0.15, -0.1) is 0 Å². The van der Waals surface area contributed by atoms with E-state index < -0.39 is 6.09 Å². The molecule has 0 radical (unpaired) electrons. The summed E-state index contributed by atoms with van der Waals surface area (Å²) in [5.74, 6) is 0.416. The van der Waals surface area contributed by atoms with Gasteiger partial charge in [0.15, 0.2) is 0 Å². The summed E-state index contributed by atoms with van der Waals surface area (Å²) in [5.41, 5.74) is 1.20. The fourth-order valence-corrected chi connectivity index (χ4v) is 2.42. The molecule has 0 saturated carbocycles. The Labute approximate surface area is 149 Å². The number of nitrogens with zero attached hydrogens (tertiary/aromatic N) is 3. The van der Waals surface area contributed by atoms with Crippen LogP contribution in [0.1, 0.15) is 17.1 Å². The highest BCUT2D eigenvalue weighted by molar-refractivity contribution is 6.36. The normalized spacial score (nSPS) is 10.5. The van der Waals surface area contributed by atoms with Crippen LogP contribution in [0.25, 0.3) is 0 Å². The molecule has 2 aromatic rings. The van der Waals surface area contributed by atoms with E-state index in [0.29, 0.717) is 33.5 Å². The lowest BCUT2D eigenvalue weighted by atomic mass is 10.1. The zero-order valence-electron chi connectivity index (χ0n) is 12.7. The maximum absolute atomic E-state index is 11.7. The van der Waals surface area contributed by atoms with E-state index in [4.69, 9.17) is 39.5 Å². The largest absolute Gasteiger partial charge is 0.416 e. The first-order valence-electron chi connectivity index (χ1n) is 6.64. The Kier molecular flexibility index (Phi) is 5.68. The molecule has 122 valence electrons. The topological polar surface area (TPSA) is 55.3 Å². The van der Waals surface area contributed by atoms with E-state index in [1.54, 1.807) is 39.2 Å². The number of aromatic nitrogens is 2. The number of ether oxygens (including phenoxy) is 1. The third kappa shape index (κ3) is 4.25. The Morgan fingerprint density at radius 2 is 1.78 bits per heavy atom. The molecule has 0 fully saturated rings. The highest BCUT2D eigenvalue weighted by Crippen LogP contribution is 2.29. The summed E-state index contributed by atoms with van der Waals surface area (Å²) in [4.78, 5) is 21.5. The summed E-state index contributed by atoms with van der Waals surface area (Å²) in [6.45, 7) is 1.70. The number of rotatable bonds is 3. The van der Waals surface area contributed by atoms with Gasteiger partial charge in [0.05, 0.1) is 5.69 Å². The summed E-state index contributed by atoms with van der Waals surface area (Å²) < 4.78 is 5.16. The molecule has 0 saturated heterocycles. The highest BCUT2D eigenvalue weighted by atomic mass is 35.5. The molecule has 1 aromatic carbocycles. The summed E-state index contributed by atoms with van der Waals surface area (Å²) >= 11 is 18.4. The smallest absolute Gasteiger partial charge is 0.389 e. The van der Waals surface area contributed by atoms with Gasteiger partial charge in [0.1, 0.15) is 10.8 Å². The average molecular weight is 375 g/mol. The minimum Gasteiger partial charge on any atom is -0.389 e. The molecular weight excluding hydrogens is 361 g/mol. The summed E-state index contributed by atoms with van der Waals surface area (Å²) in [7, 11) is 3.13. The van der Waals surface area contributed by atoms with Crippen LogP contribution in [0.3, 0.4) is 0 Å². The number of carbonyl (C=O) groups is 1. The number of benzene rings is 1. The van der Waals surface area contributed by atoms with E-state index in [2.05, 4.69) is 9.97 Å². The number of amides is 1. The first-order valence-corrected chi connectivity index (χ1v) is 7.78. The fourth-order valence-electron chi connectivity index (χ4n) is 1.77. The van der Waals surface area contributed by atoms with E-state index in [9.17, 15) is 4.79 Å². The lowest BCUT2D eigenvalue weighted by Gasteiger charge is -2.13. The molecule has 1 heterocycles. The van der Waals surface area contributed by atoms with E-state index in [1.807, 2.05) is 0 Å². The summed E-state index contributed by atoms with van der Waals surface area (Å²) in [6, 6.07) is 5.23. The minimum atomic E-state index is -0.577. The summed E-state index contributed by atoms with van der Waals surface area (Å²) in [5, 5.41) is 1.22. The van der Waals surface area contributed by atoms with Crippen molar-refractivity contribution in [2.45, 2.75) is 13.3 Å². The lowest BCUT2D eigenvalue weighted by molar-refractivity contribution is 0.170. The van der Waals surface area contributed by atoms with Crippen molar-refractivity contribution in [3.8, 4) is 5.88 Å². The van der Waals surface area contributed by atoms with Gasteiger partial charge in [0.25, 0.3) is 0 Å². The van der Waals surface area contributed by atoms with Gasteiger partial charge in [0.2, 0.25) is 5.88 Å². The third-order valence-corrected chi connectivity index (χ3v) is 4.12. The van der Waals surface area contributed by atoms with Crippen molar-refractivity contribution in [1.29, 1.82) is 0 Å². The lowest BCUT2D eigenvalue weighted by Crippen LogP contribution is -2.26. The first kappa shape index (κ1) is 17.8. The Hall–Kier alpha value is -1.56. The molecule has 1 amide bonds. The molecule has 0 unspecified atom stereocenters. The van der Waals surface area contributed by atoms with Crippen molar-refractivity contribution < 1.29 is 9.53 Å². The second-order valence-corrected chi connectivity index (χ2v) is 6.18. The van der Waals surface area contributed by atoms with Crippen LogP contribution in [0.15, 0.2) is 18.2 Å². The van der Waals surface area contributed by atoms with E-state index >= 15 is 0 Å². The molecular formula is C15H14Cl3N3O2. The van der Waals surface area contributed by atoms with Crippen molar-refractivity contribution in [2.75, 3.05) is 14.1 Å². The van der Waals surface area contributed by atoms with Gasteiger partial charge < -0.3 is 9.64 Å². The molecule has 0 N–H and O–H groups in total. The van der Waals surface area contributed by atoms with E-state index in [0.717, 1.165) is 0 Å². The Balaban J connectivity index is 2.37. The summed E-state index contributed by atoms with van der Waals surface area (Å²) in [6.07, 6.45) is -0.282. The Morgan fingerprint density at radius 3 is 2.35 bits per heavy atom. The third-order valence-electron chi connectivity index (χ3n) is 2.98. The van der Waals surface area contributed by atoms with Crippen LogP contribution in [-0.2, 0) is 6.42 Å². The van der Waals surface area contributed by atoms with Crippen LogP contribution >= 0.6 is 34.8 Å². The molecule has 0 spiro atoms. The molecule has 0 aliphatic carbocycles. The molecule has 2 rings (SSSR count). The number of halogens is 3. The standard InChI is InChI=1S/C15H14Cl3N3O2/c1-8-13(18)14(23-15(22)21(2)3)20-12(19-8)7-9-10(16)5-4-6-11(9)17/h4-6H,7H2,1-3H3. The molecule has 8 heteroatoms. The van der Waals surface area contributed by atoms with Gasteiger partial charge in [-0.3, -0.25) is 0 Å². The number of aryl methyl sites for hydroxylation is 1. The predicted octanol–water partition coefficient (Wildman–Crippen LogP) is 4.40. The Bertz CT molecular complexity index is 731. The van der Waals surface area contributed by atoms with E-state index in [-0.39, 0.29) is 10.9 Å². The van der Waals surface area contributed by atoms with Crippen molar-refractivity contribution in [3.63, 3.8) is 0 Å². The molecule has 5 nitrogen and oxygen atoms in total. The van der Waals surface area contributed by atoms with Crippen molar-refractivity contribution >= 4 is 40.9 Å². The number of carbonyl (C=O) groups excluding carboxylic acids is 1. The van der Waals surface area contributed by atoms with Crippen molar-refractivity contribution in [1.82, 2.24) is 14.9 Å². The SMILES string of the molecule is Cc1nc(Cc2c(Cl)cccc2Cl)nc(OC(=O)N(C)C)c1Cl. The maximum Gasteiger partial charge on any atom is 0.416 e. The molecule has 0 atom stereocenters. The molecule has 0 aliphatic heterocycles. The van der Waals surface area contributed by atoms with E-state index in [1.165, 1.54) is 4.90 Å². The van der Waals surface area contributed by atoms with Gasteiger partial charge in [-0.05, 0) is 24.6 Å². The Morgan fingerprint density at radius 1 is 1.17 bits per heavy atom.